The number of fused-ring (bicyclic) bond motifs is 1. The Morgan fingerprint density at radius 2 is 1.89 bits per heavy atom. The molecule has 3 heteroatoms. The summed E-state index contributed by atoms with van der Waals surface area (Å²) in [5.41, 5.74) is 10.9. The van der Waals surface area contributed by atoms with E-state index >= 15 is 0 Å². The third-order valence-electron chi connectivity index (χ3n) is 3.62. The van der Waals surface area contributed by atoms with Gasteiger partial charge in [0.15, 0.2) is 0 Å². The minimum absolute atomic E-state index is 0.838. The number of aryl methyl sites for hydroxylation is 3. The third-order valence-corrected chi connectivity index (χ3v) is 5.58. The molecule has 2 aromatic carbocycles. The highest BCUT2D eigenvalue weighted by Crippen LogP contribution is 2.37. The van der Waals surface area contributed by atoms with Gasteiger partial charge in [0.2, 0.25) is 0 Å². The maximum Gasteiger partial charge on any atom is 0.0355 e. The van der Waals surface area contributed by atoms with E-state index in [1.54, 1.807) is 11.8 Å². The maximum absolute atomic E-state index is 5.92. The van der Waals surface area contributed by atoms with Crippen LogP contribution in [0, 0.1) is 6.92 Å². The largest absolute Gasteiger partial charge is 0.398 e. The molecule has 3 rings (SSSR count). The van der Waals surface area contributed by atoms with Crippen molar-refractivity contribution in [3.05, 3.63) is 51.5 Å². The van der Waals surface area contributed by atoms with Gasteiger partial charge in [0.1, 0.15) is 0 Å². The summed E-state index contributed by atoms with van der Waals surface area (Å²) < 4.78 is 1.07. The maximum atomic E-state index is 5.92. The van der Waals surface area contributed by atoms with Crippen molar-refractivity contribution < 1.29 is 0 Å². The number of halogens is 1. The van der Waals surface area contributed by atoms with E-state index in [4.69, 9.17) is 5.73 Å². The molecule has 0 aromatic heterocycles. The summed E-state index contributed by atoms with van der Waals surface area (Å²) >= 11 is 5.40. The van der Waals surface area contributed by atoms with Gasteiger partial charge >= 0.3 is 0 Å². The molecule has 0 radical (unpaired) electrons. The van der Waals surface area contributed by atoms with Crippen LogP contribution < -0.4 is 5.73 Å². The van der Waals surface area contributed by atoms with Crippen LogP contribution >= 0.6 is 27.7 Å². The summed E-state index contributed by atoms with van der Waals surface area (Å²) in [5, 5.41) is 0. The lowest BCUT2D eigenvalue weighted by Gasteiger charge is -2.09. The van der Waals surface area contributed by atoms with Crippen molar-refractivity contribution in [2.24, 2.45) is 0 Å². The molecular weight excluding hydrogens is 318 g/mol. The number of benzene rings is 2. The molecule has 19 heavy (non-hydrogen) atoms. The number of rotatable bonds is 2. The van der Waals surface area contributed by atoms with E-state index in [1.807, 2.05) is 6.07 Å². The fourth-order valence-electron chi connectivity index (χ4n) is 2.49. The third kappa shape index (κ3) is 2.67. The zero-order chi connectivity index (χ0) is 13.4. The summed E-state index contributed by atoms with van der Waals surface area (Å²) in [6.45, 7) is 2.05. The van der Waals surface area contributed by atoms with Gasteiger partial charge in [-0.2, -0.15) is 0 Å². The predicted molar refractivity (Wildman–Crippen MR) is 85.9 cm³/mol. The summed E-state index contributed by atoms with van der Waals surface area (Å²) in [5.74, 6) is 0. The van der Waals surface area contributed by atoms with Crippen molar-refractivity contribution in [2.75, 3.05) is 5.73 Å². The highest BCUT2D eigenvalue weighted by Gasteiger charge is 2.12. The Bertz CT molecular complexity index is 637. The smallest absolute Gasteiger partial charge is 0.0355 e. The lowest BCUT2D eigenvalue weighted by molar-refractivity contribution is 0.911. The molecular formula is C16H16BrNS. The van der Waals surface area contributed by atoms with Gasteiger partial charge in [0.25, 0.3) is 0 Å². The summed E-state index contributed by atoms with van der Waals surface area (Å²) in [7, 11) is 0. The van der Waals surface area contributed by atoms with Gasteiger partial charge in [-0.1, -0.05) is 17.8 Å². The Morgan fingerprint density at radius 3 is 2.74 bits per heavy atom. The Morgan fingerprint density at radius 1 is 1.11 bits per heavy atom. The van der Waals surface area contributed by atoms with Crippen molar-refractivity contribution >= 4 is 33.4 Å². The Balaban J connectivity index is 1.91. The molecule has 2 N–H and O–H groups in total. The highest BCUT2D eigenvalue weighted by molar-refractivity contribution is 9.10. The van der Waals surface area contributed by atoms with Gasteiger partial charge in [-0.25, -0.2) is 0 Å². The molecule has 0 unspecified atom stereocenters. The van der Waals surface area contributed by atoms with Crippen LogP contribution in [-0.2, 0) is 12.8 Å². The Hall–Kier alpha value is -0.930. The molecule has 1 aliphatic carbocycles. The van der Waals surface area contributed by atoms with E-state index in [0.717, 1.165) is 15.7 Å². The Kier molecular flexibility index (Phi) is 3.59. The summed E-state index contributed by atoms with van der Waals surface area (Å²) in [6, 6.07) is 11.0. The van der Waals surface area contributed by atoms with Gasteiger partial charge in [-0.15, -0.1) is 0 Å². The predicted octanol–water partition coefficient (Wildman–Crippen LogP) is 4.98. The van der Waals surface area contributed by atoms with Gasteiger partial charge in [0.05, 0.1) is 0 Å². The molecule has 0 fully saturated rings. The van der Waals surface area contributed by atoms with E-state index in [2.05, 4.69) is 47.1 Å². The normalized spacial score (nSPS) is 13.6. The number of nitrogens with two attached hydrogens (primary N) is 1. The van der Waals surface area contributed by atoms with Crippen molar-refractivity contribution in [3.8, 4) is 0 Å². The quantitative estimate of drug-likeness (QED) is 0.784. The van der Waals surface area contributed by atoms with Gasteiger partial charge < -0.3 is 5.73 Å². The van der Waals surface area contributed by atoms with Crippen LogP contribution in [0.25, 0.3) is 0 Å². The topological polar surface area (TPSA) is 26.0 Å². The number of anilines is 1. The minimum atomic E-state index is 0.838. The van der Waals surface area contributed by atoms with Crippen LogP contribution in [0.3, 0.4) is 0 Å². The first kappa shape index (κ1) is 13.1. The molecule has 98 valence electrons. The summed E-state index contributed by atoms with van der Waals surface area (Å²) in [4.78, 5) is 2.54. The van der Waals surface area contributed by atoms with E-state index in [1.165, 1.54) is 40.2 Å². The van der Waals surface area contributed by atoms with Crippen LogP contribution in [-0.4, -0.2) is 0 Å². The highest BCUT2D eigenvalue weighted by atomic mass is 79.9. The monoisotopic (exact) mass is 333 g/mol. The van der Waals surface area contributed by atoms with Crippen LogP contribution in [0.2, 0.25) is 0 Å². The molecule has 0 bridgehead atoms. The van der Waals surface area contributed by atoms with Crippen molar-refractivity contribution in [1.29, 1.82) is 0 Å². The first-order valence-corrected chi connectivity index (χ1v) is 8.10. The van der Waals surface area contributed by atoms with E-state index in [9.17, 15) is 0 Å². The average Bonchev–Trinajstić information content (AvgIpc) is 2.83. The lowest BCUT2D eigenvalue weighted by atomic mass is 10.1. The zero-order valence-corrected chi connectivity index (χ0v) is 13.3. The molecule has 0 aliphatic heterocycles. The second kappa shape index (κ2) is 5.22. The average molecular weight is 334 g/mol. The molecule has 1 aliphatic rings. The molecule has 0 spiro atoms. The van der Waals surface area contributed by atoms with E-state index in [0.29, 0.717) is 0 Å². The molecule has 0 heterocycles. The first-order valence-electron chi connectivity index (χ1n) is 6.49. The van der Waals surface area contributed by atoms with Crippen LogP contribution in [0.15, 0.2) is 44.6 Å². The standard InChI is InChI=1S/C16H16BrNS/c1-10-7-16(14(17)9-15(10)18)19-13-6-5-11-3-2-4-12(11)8-13/h5-9H,2-4,18H2,1H3. The fourth-order valence-corrected chi connectivity index (χ4v) is 4.07. The van der Waals surface area contributed by atoms with Crippen molar-refractivity contribution in [2.45, 2.75) is 36.0 Å². The van der Waals surface area contributed by atoms with Crippen LogP contribution in [0.1, 0.15) is 23.1 Å². The molecule has 0 atom stereocenters. The number of hydrogen-bond acceptors (Lipinski definition) is 2. The lowest BCUT2D eigenvalue weighted by Crippen LogP contribution is -1.90. The van der Waals surface area contributed by atoms with Gasteiger partial charge in [-0.05, 0) is 83.1 Å². The van der Waals surface area contributed by atoms with Gasteiger partial charge in [0, 0.05) is 20.0 Å². The first-order chi connectivity index (χ1) is 9.13. The Labute approximate surface area is 126 Å². The minimum Gasteiger partial charge on any atom is -0.398 e. The van der Waals surface area contributed by atoms with E-state index in [-0.39, 0.29) is 0 Å². The second-order valence-electron chi connectivity index (χ2n) is 5.03. The van der Waals surface area contributed by atoms with Crippen molar-refractivity contribution in [3.63, 3.8) is 0 Å². The fraction of sp³-hybridized carbons (Fsp3) is 0.250. The van der Waals surface area contributed by atoms with Crippen molar-refractivity contribution in [1.82, 2.24) is 0 Å². The molecule has 1 nitrogen and oxygen atoms in total. The van der Waals surface area contributed by atoms with Crippen LogP contribution in [0.4, 0.5) is 5.69 Å². The number of nitrogen functional groups attached to an aromatic ring is 1. The zero-order valence-electron chi connectivity index (χ0n) is 10.9. The SMILES string of the molecule is Cc1cc(Sc2ccc3c(c2)CCC3)c(Br)cc1N. The molecule has 0 amide bonds. The molecule has 0 saturated heterocycles. The van der Waals surface area contributed by atoms with Gasteiger partial charge in [-0.3, -0.25) is 0 Å². The molecule has 2 aromatic rings. The summed E-state index contributed by atoms with van der Waals surface area (Å²) in [6.07, 6.45) is 3.77. The molecule has 0 saturated carbocycles. The second-order valence-corrected chi connectivity index (χ2v) is 7.00. The van der Waals surface area contributed by atoms with Crippen LogP contribution in [0.5, 0.6) is 0 Å². The number of hydrogen-bond donors (Lipinski definition) is 1. The van der Waals surface area contributed by atoms with E-state index < -0.39 is 0 Å².